The highest BCUT2D eigenvalue weighted by atomic mass is 35.5. The molecule has 0 saturated carbocycles. The Morgan fingerprint density at radius 1 is 1.04 bits per heavy atom. The minimum absolute atomic E-state index is 0.0769. The topological polar surface area (TPSA) is 48.0 Å². The molecule has 0 aromatic heterocycles. The molecule has 0 atom stereocenters. The van der Waals surface area contributed by atoms with E-state index in [0.717, 1.165) is 0 Å². The molecule has 0 saturated heterocycles. The number of benzene rings is 2. The van der Waals surface area contributed by atoms with Crippen molar-refractivity contribution in [2.24, 2.45) is 0 Å². The Morgan fingerprint density at radius 2 is 1.70 bits per heavy atom. The Bertz CT molecular complexity index is 673. The number of rotatable bonds is 6. The highest BCUT2D eigenvalue weighted by Gasteiger charge is 2.14. The van der Waals surface area contributed by atoms with Crippen molar-refractivity contribution in [1.82, 2.24) is 0 Å². The van der Waals surface area contributed by atoms with Crippen LogP contribution < -0.4 is 19.1 Å². The van der Waals surface area contributed by atoms with Crippen LogP contribution in [0.3, 0.4) is 0 Å². The minimum Gasteiger partial charge on any atom is -0.493 e. The third kappa shape index (κ3) is 4.29. The maximum absolute atomic E-state index is 12.2. The summed E-state index contributed by atoms with van der Waals surface area (Å²) in [6, 6.07) is 12.1. The maximum atomic E-state index is 12.2. The molecular formula is C17H18ClNO4. The second-order valence-corrected chi connectivity index (χ2v) is 5.17. The lowest BCUT2D eigenvalue weighted by Crippen LogP contribution is -2.31. The van der Waals surface area contributed by atoms with E-state index in [1.54, 1.807) is 63.7 Å². The average Bonchev–Trinajstić information content (AvgIpc) is 2.59. The van der Waals surface area contributed by atoms with Gasteiger partial charge in [-0.05, 0) is 36.4 Å². The van der Waals surface area contributed by atoms with Gasteiger partial charge < -0.3 is 19.1 Å². The van der Waals surface area contributed by atoms with Gasteiger partial charge in [0.05, 0.1) is 14.2 Å². The lowest BCUT2D eigenvalue weighted by molar-refractivity contribution is -0.120. The molecule has 5 nitrogen and oxygen atoms in total. The number of halogens is 1. The van der Waals surface area contributed by atoms with E-state index in [1.165, 1.54) is 4.90 Å². The van der Waals surface area contributed by atoms with Gasteiger partial charge in [0.25, 0.3) is 5.91 Å². The van der Waals surface area contributed by atoms with Crippen molar-refractivity contribution in [2.75, 3.05) is 32.8 Å². The number of carbonyl (C=O) groups excluding carboxylic acids is 1. The fourth-order valence-corrected chi connectivity index (χ4v) is 2.08. The summed E-state index contributed by atoms with van der Waals surface area (Å²) in [4.78, 5) is 13.7. The number of ether oxygens (including phenoxy) is 3. The summed E-state index contributed by atoms with van der Waals surface area (Å²) >= 11 is 5.81. The summed E-state index contributed by atoms with van der Waals surface area (Å²) < 4.78 is 15.9. The van der Waals surface area contributed by atoms with Crippen molar-refractivity contribution >= 4 is 23.2 Å². The first-order valence-corrected chi connectivity index (χ1v) is 7.30. The fraction of sp³-hybridized carbons (Fsp3) is 0.235. The summed E-state index contributed by atoms with van der Waals surface area (Å²) in [5.74, 6) is 1.56. The lowest BCUT2D eigenvalue weighted by Gasteiger charge is -2.19. The normalized spacial score (nSPS) is 10.1. The Balaban J connectivity index is 2.03. The number of likely N-dealkylation sites (N-methyl/N-ethyl adjacent to an activating group) is 1. The summed E-state index contributed by atoms with van der Waals surface area (Å²) in [5, 5.41) is 0.617. The first kappa shape index (κ1) is 17.0. The van der Waals surface area contributed by atoms with Crippen LogP contribution >= 0.6 is 11.6 Å². The van der Waals surface area contributed by atoms with Crippen LogP contribution in [0.5, 0.6) is 17.2 Å². The van der Waals surface area contributed by atoms with Crippen LogP contribution in [0.4, 0.5) is 5.69 Å². The Kier molecular flexibility index (Phi) is 5.71. The Labute approximate surface area is 140 Å². The smallest absolute Gasteiger partial charge is 0.264 e. The van der Waals surface area contributed by atoms with Gasteiger partial charge in [0.15, 0.2) is 18.1 Å². The molecule has 0 aliphatic rings. The molecule has 0 N–H and O–H groups in total. The molecule has 122 valence electrons. The molecule has 2 aromatic rings. The van der Waals surface area contributed by atoms with Crippen molar-refractivity contribution in [2.45, 2.75) is 0 Å². The molecule has 0 fully saturated rings. The molecule has 23 heavy (non-hydrogen) atoms. The van der Waals surface area contributed by atoms with Gasteiger partial charge >= 0.3 is 0 Å². The zero-order valence-corrected chi connectivity index (χ0v) is 14.0. The van der Waals surface area contributed by atoms with Crippen LogP contribution in [0.1, 0.15) is 0 Å². The molecule has 6 heteroatoms. The first-order chi connectivity index (χ1) is 11.0. The van der Waals surface area contributed by atoms with Crippen LogP contribution in [0.15, 0.2) is 42.5 Å². The van der Waals surface area contributed by atoms with Crippen LogP contribution in [-0.4, -0.2) is 33.8 Å². The lowest BCUT2D eigenvalue weighted by atomic mass is 10.2. The summed E-state index contributed by atoms with van der Waals surface area (Å²) in [7, 11) is 4.79. The fourth-order valence-electron chi connectivity index (χ4n) is 1.95. The van der Waals surface area contributed by atoms with Crippen LogP contribution in [0, 0.1) is 0 Å². The van der Waals surface area contributed by atoms with Crippen molar-refractivity contribution in [3.63, 3.8) is 0 Å². The van der Waals surface area contributed by atoms with Crippen molar-refractivity contribution in [3.05, 3.63) is 47.5 Å². The van der Waals surface area contributed by atoms with Crippen LogP contribution in [0.25, 0.3) is 0 Å². The van der Waals surface area contributed by atoms with E-state index in [4.69, 9.17) is 25.8 Å². The van der Waals surface area contributed by atoms with E-state index in [2.05, 4.69) is 0 Å². The monoisotopic (exact) mass is 335 g/mol. The van der Waals surface area contributed by atoms with E-state index in [9.17, 15) is 4.79 Å². The molecule has 0 heterocycles. The van der Waals surface area contributed by atoms with Crippen molar-refractivity contribution in [1.29, 1.82) is 0 Å². The molecule has 1 amide bonds. The van der Waals surface area contributed by atoms with Gasteiger partial charge in [-0.3, -0.25) is 4.79 Å². The average molecular weight is 336 g/mol. The Morgan fingerprint density at radius 3 is 2.30 bits per heavy atom. The van der Waals surface area contributed by atoms with Gasteiger partial charge in [-0.1, -0.05) is 11.6 Å². The van der Waals surface area contributed by atoms with Crippen LogP contribution in [-0.2, 0) is 4.79 Å². The third-order valence-electron chi connectivity index (χ3n) is 3.30. The zero-order valence-electron chi connectivity index (χ0n) is 13.2. The highest BCUT2D eigenvalue weighted by Crippen LogP contribution is 2.31. The second kappa shape index (κ2) is 7.74. The summed E-state index contributed by atoms with van der Waals surface area (Å²) in [6.45, 7) is -0.0769. The number of carbonyl (C=O) groups is 1. The standard InChI is InChI=1S/C17H18ClNO4/c1-19(13-6-9-15(21-2)16(10-13)22-3)17(20)11-23-14-7-4-12(18)5-8-14/h4-10H,11H2,1-3H3. The van der Waals surface area contributed by atoms with Gasteiger partial charge in [-0.25, -0.2) is 0 Å². The number of nitrogens with zero attached hydrogens (tertiary/aromatic N) is 1. The first-order valence-electron chi connectivity index (χ1n) is 6.92. The third-order valence-corrected chi connectivity index (χ3v) is 3.56. The molecule has 2 aromatic carbocycles. The van der Waals surface area contributed by atoms with E-state index >= 15 is 0 Å². The quantitative estimate of drug-likeness (QED) is 0.811. The molecule has 0 aliphatic heterocycles. The number of amides is 1. The number of hydrogen-bond acceptors (Lipinski definition) is 4. The van der Waals surface area contributed by atoms with E-state index in [0.29, 0.717) is 28.0 Å². The van der Waals surface area contributed by atoms with Gasteiger partial charge in [0.2, 0.25) is 0 Å². The number of anilines is 1. The number of hydrogen-bond donors (Lipinski definition) is 0. The highest BCUT2D eigenvalue weighted by molar-refractivity contribution is 6.30. The molecule has 0 aliphatic carbocycles. The van der Waals surface area contributed by atoms with Gasteiger partial charge in [0.1, 0.15) is 5.75 Å². The molecule has 0 bridgehead atoms. The summed E-state index contributed by atoms with van der Waals surface area (Å²) in [6.07, 6.45) is 0. The molecule has 0 unspecified atom stereocenters. The van der Waals surface area contributed by atoms with Gasteiger partial charge in [-0.2, -0.15) is 0 Å². The molecule has 0 spiro atoms. The van der Waals surface area contributed by atoms with E-state index in [1.807, 2.05) is 0 Å². The molecule has 2 rings (SSSR count). The second-order valence-electron chi connectivity index (χ2n) is 4.73. The number of methoxy groups -OCH3 is 2. The van der Waals surface area contributed by atoms with Gasteiger partial charge in [-0.15, -0.1) is 0 Å². The zero-order chi connectivity index (χ0) is 16.8. The van der Waals surface area contributed by atoms with Crippen LogP contribution in [0.2, 0.25) is 5.02 Å². The van der Waals surface area contributed by atoms with Crippen molar-refractivity contribution < 1.29 is 19.0 Å². The maximum Gasteiger partial charge on any atom is 0.264 e. The molecule has 0 radical (unpaired) electrons. The predicted molar refractivity (Wildman–Crippen MR) is 89.9 cm³/mol. The van der Waals surface area contributed by atoms with E-state index in [-0.39, 0.29) is 12.5 Å². The van der Waals surface area contributed by atoms with Crippen molar-refractivity contribution in [3.8, 4) is 17.2 Å². The largest absolute Gasteiger partial charge is 0.493 e. The summed E-state index contributed by atoms with van der Waals surface area (Å²) in [5.41, 5.74) is 0.687. The predicted octanol–water partition coefficient (Wildman–Crippen LogP) is 3.40. The minimum atomic E-state index is -0.188. The Hall–Kier alpha value is -2.40. The van der Waals surface area contributed by atoms with E-state index < -0.39 is 0 Å². The van der Waals surface area contributed by atoms with Gasteiger partial charge in [0, 0.05) is 23.8 Å². The SMILES string of the molecule is COc1ccc(N(C)C(=O)COc2ccc(Cl)cc2)cc1OC. The molecular weight excluding hydrogens is 318 g/mol.